The Morgan fingerprint density at radius 3 is 2.89 bits per heavy atom. The van der Waals surface area contributed by atoms with Crippen molar-refractivity contribution in [3.8, 4) is 0 Å². The number of carbonyl (C=O) groups excluding carboxylic acids is 1. The third kappa shape index (κ3) is 1.54. The van der Waals surface area contributed by atoms with E-state index in [4.69, 9.17) is 4.42 Å². The van der Waals surface area contributed by atoms with Gasteiger partial charge in [-0.25, -0.2) is 4.39 Å². The molecule has 3 rings (SSSR count). The molecule has 0 unspecified atom stereocenters. The van der Waals surface area contributed by atoms with E-state index < -0.39 is 0 Å². The van der Waals surface area contributed by atoms with Gasteiger partial charge >= 0.3 is 0 Å². The summed E-state index contributed by atoms with van der Waals surface area (Å²) < 4.78 is 18.4. The quantitative estimate of drug-likeness (QED) is 0.701. The summed E-state index contributed by atoms with van der Waals surface area (Å²) in [5, 5.41) is 0.578. The molecule has 0 aliphatic carbocycles. The van der Waals surface area contributed by atoms with Crippen LogP contribution in [0.15, 0.2) is 41.0 Å². The second-order valence-electron chi connectivity index (χ2n) is 4.12. The van der Waals surface area contributed by atoms with Gasteiger partial charge in [0.2, 0.25) is 5.78 Å². The normalized spacial score (nSPS) is 11.0. The molecule has 2 aromatic heterocycles. The molecule has 90 valence electrons. The summed E-state index contributed by atoms with van der Waals surface area (Å²) >= 11 is 0. The fourth-order valence-corrected chi connectivity index (χ4v) is 2.12. The van der Waals surface area contributed by atoms with Crippen LogP contribution in [0.5, 0.6) is 0 Å². The lowest BCUT2D eigenvalue weighted by atomic mass is 10.1. The number of ketones is 1. The van der Waals surface area contributed by atoms with Crippen molar-refractivity contribution in [1.29, 1.82) is 0 Å². The van der Waals surface area contributed by atoms with Crippen LogP contribution in [0.1, 0.15) is 21.8 Å². The summed E-state index contributed by atoms with van der Waals surface area (Å²) in [6, 6.07) is 7.59. The van der Waals surface area contributed by atoms with Gasteiger partial charge in [0.1, 0.15) is 5.82 Å². The molecule has 0 radical (unpaired) electrons. The van der Waals surface area contributed by atoms with Crippen molar-refractivity contribution < 1.29 is 13.6 Å². The number of furan rings is 1. The number of carbonyl (C=O) groups is 1. The maximum atomic E-state index is 13.3. The SMILES string of the molecule is Cc1[nH]c2ccc(F)cc2c1C(=O)c1ccco1. The molecule has 0 saturated carbocycles. The highest BCUT2D eigenvalue weighted by molar-refractivity contribution is 6.16. The van der Waals surface area contributed by atoms with Crippen LogP contribution in [-0.4, -0.2) is 10.8 Å². The topological polar surface area (TPSA) is 46.0 Å². The third-order valence-electron chi connectivity index (χ3n) is 2.92. The molecule has 0 aliphatic heterocycles. The van der Waals surface area contributed by atoms with Gasteiger partial charge in [0, 0.05) is 16.6 Å². The highest BCUT2D eigenvalue weighted by atomic mass is 19.1. The minimum absolute atomic E-state index is 0.241. The molecule has 0 aliphatic rings. The lowest BCUT2D eigenvalue weighted by Crippen LogP contribution is -2.00. The number of aromatic nitrogens is 1. The number of hydrogen-bond acceptors (Lipinski definition) is 2. The van der Waals surface area contributed by atoms with Gasteiger partial charge in [0.15, 0.2) is 5.76 Å². The molecule has 3 aromatic rings. The van der Waals surface area contributed by atoms with Crippen molar-refractivity contribution in [1.82, 2.24) is 4.98 Å². The summed E-state index contributed by atoms with van der Waals surface area (Å²) in [5.41, 5.74) is 1.90. The van der Waals surface area contributed by atoms with Gasteiger partial charge in [-0.2, -0.15) is 0 Å². The summed E-state index contributed by atoms with van der Waals surface area (Å²) in [5.74, 6) is -0.354. The standard InChI is InChI=1S/C14H10FNO2/c1-8-13(14(17)12-3-2-6-18-12)10-7-9(15)4-5-11(10)16-8/h2-7,16H,1H3. The highest BCUT2D eigenvalue weighted by Crippen LogP contribution is 2.25. The molecule has 0 spiro atoms. The fourth-order valence-electron chi connectivity index (χ4n) is 2.12. The van der Waals surface area contributed by atoms with Gasteiger partial charge in [-0.05, 0) is 37.3 Å². The molecule has 0 bridgehead atoms. The summed E-state index contributed by atoms with van der Waals surface area (Å²) in [7, 11) is 0. The number of H-pyrrole nitrogens is 1. The van der Waals surface area contributed by atoms with Crippen LogP contribution < -0.4 is 0 Å². The van der Waals surface area contributed by atoms with Crippen LogP contribution in [0.25, 0.3) is 10.9 Å². The maximum Gasteiger partial charge on any atom is 0.230 e. The molecular weight excluding hydrogens is 233 g/mol. The van der Waals surface area contributed by atoms with E-state index in [-0.39, 0.29) is 17.4 Å². The minimum Gasteiger partial charge on any atom is -0.461 e. The molecule has 18 heavy (non-hydrogen) atoms. The van der Waals surface area contributed by atoms with Crippen molar-refractivity contribution in [2.45, 2.75) is 6.92 Å². The van der Waals surface area contributed by atoms with Crippen molar-refractivity contribution in [2.24, 2.45) is 0 Å². The second-order valence-corrected chi connectivity index (χ2v) is 4.12. The molecule has 0 fully saturated rings. The Bertz CT molecular complexity index is 726. The predicted molar refractivity (Wildman–Crippen MR) is 65.1 cm³/mol. The van der Waals surface area contributed by atoms with E-state index in [1.165, 1.54) is 18.4 Å². The fraction of sp³-hybridized carbons (Fsp3) is 0.0714. The first-order valence-corrected chi connectivity index (χ1v) is 5.53. The Hall–Kier alpha value is -2.36. The highest BCUT2D eigenvalue weighted by Gasteiger charge is 2.19. The van der Waals surface area contributed by atoms with Crippen LogP contribution in [0.4, 0.5) is 4.39 Å². The van der Waals surface area contributed by atoms with Crippen LogP contribution in [0, 0.1) is 12.7 Å². The number of aromatic amines is 1. The Kier molecular flexibility index (Phi) is 2.30. The maximum absolute atomic E-state index is 13.3. The molecule has 2 heterocycles. The Morgan fingerprint density at radius 2 is 2.17 bits per heavy atom. The minimum atomic E-state index is -0.366. The molecule has 0 saturated heterocycles. The number of hydrogen-bond donors (Lipinski definition) is 1. The molecular formula is C14H10FNO2. The monoisotopic (exact) mass is 243 g/mol. The van der Waals surface area contributed by atoms with E-state index in [1.807, 2.05) is 0 Å². The lowest BCUT2D eigenvalue weighted by Gasteiger charge is -1.98. The van der Waals surface area contributed by atoms with Crippen LogP contribution in [0.2, 0.25) is 0 Å². The second kappa shape index (κ2) is 3.84. The van der Waals surface area contributed by atoms with Gasteiger partial charge in [0.25, 0.3) is 0 Å². The van der Waals surface area contributed by atoms with E-state index >= 15 is 0 Å². The van der Waals surface area contributed by atoms with E-state index in [0.29, 0.717) is 16.6 Å². The summed E-state index contributed by atoms with van der Waals surface area (Å²) in [6.45, 7) is 1.79. The Balaban J connectivity index is 2.25. The number of halogens is 1. The first-order valence-electron chi connectivity index (χ1n) is 5.53. The van der Waals surface area contributed by atoms with Crippen molar-refractivity contribution in [3.63, 3.8) is 0 Å². The van der Waals surface area contributed by atoms with Crippen LogP contribution in [-0.2, 0) is 0 Å². The number of aryl methyl sites for hydroxylation is 1. The number of rotatable bonds is 2. The molecule has 4 heteroatoms. The zero-order valence-electron chi connectivity index (χ0n) is 9.66. The zero-order chi connectivity index (χ0) is 12.7. The summed E-state index contributed by atoms with van der Waals surface area (Å²) in [6.07, 6.45) is 1.44. The average molecular weight is 243 g/mol. The van der Waals surface area contributed by atoms with Gasteiger partial charge in [-0.15, -0.1) is 0 Å². The lowest BCUT2D eigenvalue weighted by molar-refractivity contribution is 0.101. The summed E-state index contributed by atoms with van der Waals surface area (Å²) in [4.78, 5) is 15.3. The van der Waals surface area contributed by atoms with E-state index in [2.05, 4.69) is 4.98 Å². The third-order valence-corrected chi connectivity index (χ3v) is 2.92. The van der Waals surface area contributed by atoms with Crippen molar-refractivity contribution >= 4 is 16.7 Å². The van der Waals surface area contributed by atoms with E-state index in [9.17, 15) is 9.18 Å². The Labute approximate surface area is 102 Å². The van der Waals surface area contributed by atoms with E-state index in [0.717, 1.165) is 5.52 Å². The molecule has 3 nitrogen and oxygen atoms in total. The van der Waals surface area contributed by atoms with Crippen molar-refractivity contribution in [3.05, 3.63) is 59.4 Å². The largest absolute Gasteiger partial charge is 0.461 e. The van der Waals surface area contributed by atoms with Gasteiger partial charge in [-0.1, -0.05) is 0 Å². The molecule has 1 aromatic carbocycles. The number of nitrogens with one attached hydrogen (secondary N) is 1. The predicted octanol–water partition coefficient (Wildman–Crippen LogP) is 3.44. The first kappa shape index (κ1) is 10.8. The Morgan fingerprint density at radius 1 is 1.33 bits per heavy atom. The van der Waals surface area contributed by atoms with Crippen molar-refractivity contribution in [2.75, 3.05) is 0 Å². The van der Waals surface area contributed by atoms with Gasteiger partial charge in [-0.3, -0.25) is 4.79 Å². The number of benzene rings is 1. The average Bonchev–Trinajstić information content (AvgIpc) is 2.94. The van der Waals surface area contributed by atoms with Gasteiger partial charge < -0.3 is 9.40 Å². The first-order chi connectivity index (χ1) is 8.66. The molecule has 0 atom stereocenters. The number of fused-ring (bicyclic) bond motifs is 1. The smallest absolute Gasteiger partial charge is 0.230 e. The van der Waals surface area contributed by atoms with Crippen LogP contribution in [0.3, 0.4) is 0 Å². The zero-order valence-corrected chi connectivity index (χ0v) is 9.66. The van der Waals surface area contributed by atoms with Gasteiger partial charge in [0.05, 0.1) is 11.8 Å². The van der Waals surface area contributed by atoms with Crippen LogP contribution >= 0.6 is 0 Å². The van der Waals surface area contributed by atoms with E-state index in [1.54, 1.807) is 25.1 Å². The molecule has 1 N–H and O–H groups in total. The molecule has 0 amide bonds.